The summed E-state index contributed by atoms with van der Waals surface area (Å²) in [6, 6.07) is 6.52. The maximum Gasteiger partial charge on any atom is 0.317 e. The number of nitrogens with one attached hydrogen (secondary N) is 1. The Morgan fingerprint density at radius 1 is 1.40 bits per heavy atom. The van der Waals surface area contributed by atoms with Crippen LogP contribution in [0.1, 0.15) is 37.2 Å². The number of rotatable bonds is 4. The zero-order chi connectivity index (χ0) is 17.8. The average molecular weight is 345 g/mol. The molecule has 0 bridgehead atoms. The van der Waals surface area contributed by atoms with Gasteiger partial charge in [-0.25, -0.2) is 9.18 Å². The quantitative estimate of drug-likeness (QED) is 0.927. The number of carbonyl (C=O) groups excluding carboxylic acids is 1. The Bertz CT molecular complexity index is 724. The second-order valence-electron chi connectivity index (χ2n) is 6.74. The summed E-state index contributed by atoms with van der Waals surface area (Å²) in [6.45, 7) is 3.34. The molecule has 6 nitrogen and oxygen atoms in total. The lowest BCUT2D eigenvalue weighted by Crippen LogP contribution is -2.45. The third-order valence-electron chi connectivity index (χ3n) is 4.79. The SMILES string of the molecule is C[C@H](NC(=O)N1CCC(Cc2cccc(F)c2)CC1)c1nncn1C. The van der Waals surface area contributed by atoms with Crippen molar-refractivity contribution in [3.8, 4) is 0 Å². The maximum absolute atomic E-state index is 13.3. The highest BCUT2D eigenvalue weighted by atomic mass is 19.1. The molecule has 0 spiro atoms. The highest BCUT2D eigenvalue weighted by molar-refractivity contribution is 5.74. The lowest BCUT2D eigenvalue weighted by molar-refractivity contribution is 0.167. The van der Waals surface area contributed by atoms with Crippen molar-refractivity contribution in [1.82, 2.24) is 25.0 Å². The van der Waals surface area contributed by atoms with Gasteiger partial charge in [0.2, 0.25) is 0 Å². The van der Waals surface area contributed by atoms with Gasteiger partial charge in [0.15, 0.2) is 5.82 Å². The van der Waals surface area contributed by atoms with Crippen LogP contribution in [0, 0.1) is 11.7 Å². The molecule has 7 heteroatoms. The van der Waals surface area contributed by atoms with Crippen LogP contribution in [0.4, 0.5) is 9.18 Å². The minimum absolute atomic E-state index is 0.0697. The van der Waals surface area contributed by atoms with Crippen molar-refractivity contribution in [2.75, 3.05) is 13.1 Å². The van der Waals surface area contributed by atoms with Crippen LogP contribution in [0.3, 0.4) is 0 Å². The summed E-state index contributed by atoms with van der Waals surface area (Å²) in [5, 5.41) is 10.8. The minimum Gasteiger partial charge on any atom is -0.328 e. The van der Waals surface area contributed by atoms with Crippen LogP contribution in [-0.4, -0.2) is 38.8 Å². The molecule has 1 N–H and O–H groups in total. The van der Waals surface area contributed by atoms with Crippen LogP contribution >= 0.6 is 0 Å². The number of urea groups is 1. The van der Waals surface area contributed by atoms with E-state index in [1.54, 1.807) is 23.0 Å². The van der Waals surface area contributed by atoms with Crippen molar-refractivity contribution in [1.29, 1.82) is 0 Å². The van der Waals surface area contributed by atoms with Gasteiger partial charge in [0.1, 0.15) is 12.1 Å². The number of hydrogen-bond donors (Lipinski definition) is 1. The summed E-state index contributed by atoms with van der Waals surface area (Å²) in [5.74, 6) is 1.03. The average Bonchev–Trinajstić information content (AvgIpc) is 3.01. The molecule has 2 amide bonds. The Hall–Kier alpha value is -2.44. The number of halogens is 1. The Morgan fingerprint density at radius 2 is 2.16 bits per heavy atom. The van der Waals surface area contributed by atoms with Crippen molar-refractivity contribution >= 4 is 6.03 Å². The van der Waals surface area contributed by atoms with Crippen molar-refractivity contribution in [3.05, 3.63) is 47.8 Å². The van der Waals surface area contributed by atoms with Gasteiger partial charge in [0.05, 0.1) is 6.04 Å². The van der Waals surface area contributed by atoms with Crippen LogP contribution in [0.2, 0.25) is 0 Å². The Kier molecular flexibility index (Phi) is 5.31. The number of nitrogens with zero attached hydrogens (tertiary/aromatic N) is 4. The third-order valence-corrected chi connectivity index (χ3v) is 4.79. The predicted molar refractivity (Wildman–Crippen MR) is 92.4 cm³/mol. The van der Waals surface area contributed by atoms with Gasteiger partial charge in [0, 0.05) is 20.1 Å². The van der Waals surface area contributed by atoms with E-state index in [-0.39, 0.29) is 17.9 Å². The molecule has 2 heterocycles. The second-order valence-corrected chi connectivity index (χ2v) is 6.74. The number of carbonyl (C=O) groups is 1. The fourth-order valence-electron chi connectivity index (χ4n) is 3.36. The molecule has 1 atom stereocenters. The number of likely N-dealkylation sites (tertiary alicyclic amines) is 1. The molecule has 0 saturated carbocycles. The lowest BCUT2D eigenvalue weighted by Gasteiger charge is -2.32. The first-order chi connectivity index (χ1) is 12.0. The smallest absolute Gasteiger partial charge is 0.317 e. The van der Waals surface area contributed by atoms with Crippen LogP contribution in [0.25, 0.3) is 0 Å². The van der Waals surface area contributed by atoms with E-state index in [4.69, 9.17) is 0 Å². The first-order valence-corrected chi connectivity index (χ1v) is 8.66. The van der Waals surface area contributed by atoms with E-state index in [2.05, 4.69) is 15.5 Å². The predicted octanol–water partition coefficient (Wildman–Crippen LogP) is 2.68. The van der Waals surface area contributed by atoms with E-state index < -0.39 is 0 Å². The summed E-state index contributed by atoms with van der Waals surface area (Å²) in [5.41, 5.74) is 1.03. The normalized spacial score (nSPS) is 16.7. The zero-order valence-electron chi connectivity index (χ0n) is 14.7. The molecule has 0 unspecified atom stereocenters. The fourth-order valence-corrected chi connectivity index (χ4v) is 3.36. The van der Waals surface area contributed by atoms with Crippen molar-refractivity contribution < 1.29 is 9.18 Å². The molecule has 0 radical (unpaired) electrons. The number of amides is 2. The molecule has 1 saturated heterocycles. The van der Waals surface area contributed by atoms with Gasteiger partial charge < -0.3 is 14.8 Å². The Labute approximate surface area is 147 Å². The highest BCUT2D eigenvalue weighted by Gasteiger charge is 2.24. The fraction of sp³-hybridized carbons (Fsp3) is 0.500. The van der Waals surface area contributed by atoms with E-state index in [0.29, 0.717) is 5.92 Å². The number of aromatic nitrogens is 3. The van der Waals surface area contributed by atoms with Crippen LogP contribution < -0.4 is 5.32 Å². The highest BCUT2D eigenvalue weighted by Crippen LogP contribution is 2.22. The van der Waals surface area contributed by atoms with Gasteiger partial charge in [-0.1, -0.05) is 12.1 Å². The van der Waals surface area contributed by atoms with Crippen LogP contribution in [0.15, 0.2) is 30.6 Å². The molecule has 1 fully saturated rings. The molecular weight excluding hydrogens is 321 g/mol. The zero-order valence-corrected chi connectivity index (χ0v) is 14.7. The number of aryl methyl sites for hydroxylation is 1. The van der Waals surface area contributed by atoms with Gasteiger partial charge in [-0.15, -0.1) is 10.2 Å². The maximum atomic E-state index is 13.3. The van der Waals surface area contributed by atoms with Gasteiger partial charge >= 0.3 is 6.03 Å². The van der Waals surface area contributed by atoms with E-state index in [0.717, 1.165) is 43.7 Å². The molecule has 25 heavy (non-hydrogen) atoms. The molecule has 3 rings (SSSR count). The Balaban J connectivity index is 1.48. The van der Waals surface area contributed by atoms with Crippen molar-refractivity contribution in [2.24, 2.45) is 13.0 Å². The molecule has 0 aliphatic carbocycles. The molecule has 1 aliphatic heterocycles. The molecule has 2 aromatic rings. The lowest BCUT2D eigenvalue weighted by atomic mass is 9.90. The Morgan fingerprint density at radius 3 is 2.80 bits per heavy atom. The first-order valence-electron chi connectivity index (χ1n) is 8.66. The molecule has 1 aromatic heterocycles. The van der Waals surface area contributed by atoms with Crippen LogP contribution in [-0.2, 0) is 13.5 Å². The van der Waals surface area contributed by atoms with Gasteiger partial charge in [-0.3, -0.25) is 0 Å². The van der Waals surface area contributed by atoms with E-state index >= 15 is 0 Å². The molecule has 1 aliphatic rings. The second kappa shape index (κ2) is 7.63. The van der Waals surface area contributed by atoms with E-state index in [9.17, 15) is 9.18 Å². The third kappa shape index (κ3) is 4.35. The standard InChI is InChI=1S/C18H24FN5O/c1-13(17-22-20-12-23(17)2)21-18(25)24-8-6-14(7-9-24)10-15-4-3-5-16(19)11-15/h3-5,11-14H,6-10H2,1-2H3,(H,21,25)/t13-/m0/s1. The topological polar surface area (TPSA) is 63.1 Å². The summed E-state index contributed by atoms with van der Waals surface area (Å²) in [7, 11) is 1.86. The number of benzene rings is 1. The van der Waals surface area contributed by atoms with Crippen molar-refractivity contribution in [2.45, 2.75) is 32.2 Å². The van der Waals surface area contributed by atoms with Gasteiger partial charge in [-0.05, 0) is 49.8 Å². The summed E-state index contributed by atoms with van der Waals surface area (Å²) >= 11 is 0. The summed E-state index contributed by atoms with van der Waals surface area (Å²) in [6.07, 6.45) is 4.35. The van der Waals surface area contributed by atoms with Gasteiger partial charge in [-0.2, -0.15) is 0 Å². The first kappa shape index (κ1) is 17.4. The minimum atomic E-state index is -0.190. The largest absolute Gasteiger partial charge is 0.328 e. The van der Waals surface area contributed by atoms with Crippen molar-refractivity contribution in [3.63, 3.8) is 0 Å². The van der Waals surface area contributed by atoms with E-state index in [1.807, 2.05) is 24.9 Å². The number of hydrogen-bond acceptors (Lipinski definition) is 3. The summed E-state index contributed by atoms with van der Waals surface area (Å²) in [4.78, 5) is 14.3. The van der Waals surface area contributed by atoms with Gasteiger partial charge in [0.25, 0.3) is 0 Å². The monoisotopic (exact) mass is 345 g/mol. The van der Waals surface area contributed by atoms with E-state index in [1.165, 1.54) is 6.07 Å². The van der Waals surface area contributed by atoms with Crippen LogP contribution in [0.5, 0.6) is 0 Å². The molecule has 1 aromatic carbocycles. The molecular formula is C18H24FN5O. The number of piperidine rings is 1. The summed E-state index contributed by atoms with van der Waals surface area (Å²) < 4.78 is 15.1. The molecule has 134 valence electrons.